The molecule has 5 heavy (non-hydrogen) atoms. The molecule has 28 valence electrons. The summed E-state index contributed by atoms with van der Waals surface area (Å²) in [5, 5.41) is 0. The van der Waals surface area contributed by atoms with Crippen LogP contribution >= 0.6 is 0 Å². The van der Waals surface area contributed by atoms with Crippen molar-refractivity contribution in [1.82, 2.24) is 0 Å². The number of hydrogen-bond acceptors (Lipinski definition) is 3. The molecule has 0 aromatic heterocycles. The Hall–Kier alpha value is -0.860. The highest BCUT2D eigenvalue weighted by Crippen LogP contribution is 1.89. The molecule has 1 heterocycles. The Morgan fingerprint density at radius 3 is 1.40 bits per heavy atom. The van der Waals surface area contributed by atoms with Gasteiger partial charge in [0, 0.05) is 9.93 Å². The van der Waals surface area contributed by atoms with E-state index < -0.39 is 0 Å². The Morgan fingerprint density at radius 1 is 1.20 bits per heavy atom. The van der Waals surface area contributed by atoms with Crippen LogP contribution in [0.15, 0.2) is 12.5 Å². The fourth-order valence-electron chi connectivity index (χ4n) is 0. The van der Waals surface area contributed by atoms with E-state index in [0.717, 1.165) is 0 Å². The highest BCUT2D eigenvalue weighted by Gasteiger charge is 1.74. The highest BCUT2D eigenvalue weighted by molar-refractivity contribution is 4.76. The minimum absolute atomic E-state index is 1.62. The zero-order valence-corrected chi connectivity index (χ0v) is 2.38. The van der Waals surface area contributed by atoms with Gasteiger partial charge in [-0.2, -0.15) is 0 Å². The SMILES string of the molecule is C1=CO1.O=O. The summed E-state index contributed by atoms with van der Waals surface area (Å²) in [6.07, 6.45) is 3.25. The normalized spacial score (nSPS) is 10.4. The van der Waals surface area contributed by atoms with Crippen molar-refractivity contribution in [3.05, 3.63) is 22.5 Å². The summed E-state index contributed by atoms with van der Waals surface area (Å²) in [5.41, 5.74) is 0. The zero-order chi connectivity index (χ0) is 4.12. The number of rotatable bonds is 0. The smallest absolute Gasteiger partial charge is 0.125 e. The Morgan fingerprint density at radius 2 is 1.40 bits per heavy atom. The van der Waals surface area contributed by atoms with Crippen LogP contribution in [0.1, 0.15) is 0 Å². The summed E-state index contributed by atoms with van der Waals surface area (Å²) in [6, 6.07) is 0. The second-order valence-corrected chi connectivity index (χ2v) is 0.408. The quantitative estimate of drug-likeness (QED) is 0.421. The Balaban J connectivity index is 0.0000000733. The molecule has 0 amide bonds. The summed E-state index contributed by atoms with van der Waals surface area (Å²) in [7, 11) is 0. The van der Waals surface area contributed by atoms with Gasteiger partial charge in [0.15, 0.2) is 0 Å². The van der Waals surface area contributed by atoms with Gasteiger partial charge in [0.2, 0.25) is 0 Å². The molecule has 0 N–H and O–H groups in total. The Kier molecular flexibility index (Phi) is 2.60. The molecular weight excluding hydrogens is 72.0 g/mol. The molecule has 0 aromatic rings. The van der Waals surface area contributed by atoms with Gasteiger partial charge in [-0.1, -0.05) is 0 Å². The molecule has 3 nitrogen and oxygen atoms in total. The van der Waals surface area contributed by atoms with Crippen molar-refractivity contribution in [3.63, 3.8) is 0 Å². The van der Waals surface area contributed by atoms with Crippen molar-refractivity contribution in [1.29, 1.82) is 0 Å². The van der Waals surface area contributed by atoms with Gasteiger partial charge in [-0.3, -0.25) is 0 Å². The second-order valence-electron chi connectivity index (χ2n) is 0.408. The predicted molar refractivity (Wildman–Crippen MR) is 17.0 cm³/mol. The summed E-state index contributed by atoms with van der Waals surface area (Å²) in [5.74, 6) is 0. The lowest BCUT2D eigenvalue weighted by Crippen LogP contribution is -1.09. The van der Waals surface area contributed by atoms with Gasteiger partial charge in [-0.25, -0.2) is 0 Å². The minimum atomic E-state index is 1.62. The molecule has 1 rings (SSSR count). The fourth-order valence-corrected chi connectivity index (χ4v) is 0. The average Bonchev–Trinajstić information content (AvgIpc) is 2.19. The van der Waals surface area contributed by atoms with Gasteiger partial charge in [-0.15, -0.1) is 0 Å². The van der Waals surface area contributed by atoms with Gasteiger partial charge in [-0.05, 0) is 0 Å². The first-order valence-corrected chi connectivity index (χ1v) is 0.971. The van der Waals surface area contributed by atoms with E-state index >= 15 is 0 Å². The van der Waals surface area contributed by atoms with Crippen LogP contribution in [-0.4, -0.2) is 0 Å². The maximum atomic E-state index is 7.00. The molecule has 0 radical (unpaired) electrons. The van der Waals surface area contributed by atoms with Crippen LogP contribution in [0.5, 0.6) is 0 Å². The van der Waals surface area contributed by atoms with Crippen LogP contribution in [0.3, 0.4) is 0 Å². The van der Waals surface area contributed by atoms with Crippen molar-refractivity contribution < 1.29 is 4.74 Å². The standard InChI is InChI=1S/C2H2O.O2/c1-2-3-1;1-2/h1-2H;. The molecule has 0 bridgehead atoms. The van der Waals surface area contributed by atoms with Crippen LogP contribution in [0.25, 0.3) is 0 Å². The first kappa shape index (κ1) is 4.14. The lowest BCUT2D eigenvalue weighted by molar-refractivity contribution is 0.541. The number of ether oxygens (including phenoxy) is 1. The largest absolute Gasteiger partial charge is 0.466 e. The van der Waals surface area contributed by atoms with E-state index in [0.29, 0.717) is 0 Å². The molecule has 1 aliphatic rings. The third-order valence-corrected chi connectivity index (χ3v) is 0.136. The molecule has 3 heteroatoms. The minimum Gasteiger partial charge on any atom is -0.466 e. The van der Waals surface area contributed by atoms with Crippen LogP contribution in [-0.2, 0) is 4.74 Å². The van der Waals surface area contributed by atoms with E-state index in [2.05, 4.69) is 4.74 Å². The summed E-state index contributed by atoms with van der Waals surface area (Å²) >= 11 is 0. The monoisotopic (exact) mass is 74.0 g/mol. The first-order chi connectivity index (χ1) is 2.50. The third-order valence-electron chi connectivity index (χ3n) is 0.136. The predicted octanol–water partition coefficient (Wildman–Crippen LogP) is 0.555. The van der Waals surface area contributed by atoms with Crippen molar-refractivity contribution in [3.8, 4) is 0 Å². The van der Waals surface area contributed by atoms with E-state index in [9.17, 15) is 0 Å². The second kappa shape index (κ2) is 3.14. The van der Waals surface area contributed by atoms with Crippen LogP contribution in [0.4, 0.5) is 0 Å². The van der Waals surface area contributed by atoms with Gasteiger partial charge >= 0.3 is 0 Å². The van der Waals surface area contributed by atoms with Gasteiger partial charge in [0.05, 0.1) is 0 Å². The highest BCUT2D eigenvalue weighted by atomic mass is 16.7. The molecular formula is C2H2O3. The van der Waals surface area contributed by atoms with Crippen LogP contribution < -0.4 is 0 Å². The van der Waals surface area contributed by atoms with Crippen molar-refractivity contribution in [2.45, 2.75) is 0 Å². The molecule has 0 fully saturated rings. The summed E-state index contributed by atoms with van der Waals surface area (Å²) < 4.78 is 4.25. The average molecular weight is 74.0 g/mol. The summed E-state index contributed by atoms with van der Waals surface area (Å²) in [6.45, 7) is 0. The van der Waals surface area contributed by atoms with E-state index in [1.807, 2.05) is 0 Å². The first-order valence-electron chi connectivity index (χ1n) is 0.971. The topological polar surface area (TPSA) is 46.7 Å². The number of hydrogen-bond donors (Lipinski definition) is 0. The van der Waals surface area contributed by atoms with Gasteiger partial charge in [0.1, 0.15) is 12.5 Å². The van der Waals surface area contributed by atoms with Crippen molar-refractivity contribution >= 4 is 0 Å². The van der Waals surface area contributed by atoms with E-state index in [1.165, 1.54) is 0 Å². The van der Waals surface area contributed by atoms with Crippen LogP contribution in [0.2, 0.25) is 0 Å². The van der Waals surface area contributed by atoms with Crippen molar-refractivity contribution in [2.24, 2.45) is 0 Å². The maximum Gasteiger partial charge on any atom is 0.125 e. The van der Waals surface area contributed by atoms with Gasteiger partial charge < -0.3 is 4.74 Å². The van der Waals surface area contributed by atoms with E-state index in [1.54, 1.807) is 12.5 Å². The summed E-state index contributed by atoms with van der Waals surface area (Å²) in [4.78, 5) is 14.0. The van der Waals surface area contributed by atoms with E-state index in [-0.39, 0.29) is 0 Å². The van der Waals surface area contributed by atoms with Crippen LogP contribution in [0, 0.1) is 9.93 Å². The lowest BCUT2D eigenvalue weighted by atomic mass is 11.3. The van der Waals surface area contributed by atoms with E-state index in [4.69, 9.17) is 9.93 Å². The molecule has 0 spiro atoms. The molecule has 1 aliphatic heterocycles. The molecule has 0 saturated carbocycles. The zero-order valence-electron chi connectivity index (χ0n) is 2.38. The van der Waals surface area contributed by atoms with Crippen molar-refractivity contribution in [2.75, 3.05) is 0 Å². The maximum absolute atomic E-state index is 7.00. The Labute approximate surface area is 28.5 Å². The third kappa shape index (κ3) is 208. The molecule has 0 atom stereocenters. The molecule has 0 saturated heterocycles. The molecule has 0 aliphatic carbocycles. The fraction of sp³-hybridized carbons (Fsp3) is 0. The lowest BCUT2D eigenvalue weighted by Gasteiger charge is -1.37. The molecule has 0 aromatic carbocycles. The van der Waals surface area contributed by atoms with Gasteiger partial charge in [0.25, 0.3) is 0 Å². The molecule has 0 unspecified atom stereocenters. The Bertz CT molecular complexity index is 36.2.